The van der Waals surface area contributed by atoms with Gasteiger partial charge in [-0.3, -0.25) is 4.79 Å². The second-order valence-electron chi connectivity index (χ2n) is 12.0. The van der Waals surface area contributed by atoms with Gasteiger partial charge in [0, 0.05) is 32.5 Å². The van der Waals surface area contributed by atoms with Crippen LogP contribution in [0.3, 0.4) is 0 Å². The van der Waals surface area contributed by atoms with Crippen molar-refractivity contribution in [3.8, 4) is 0 Å². The molecule has 2 aromatic rings. The van der Waals surface area contributed by atoms with E-state index in [0.29, 0.717) is 6.92 Å². The van der Waals surface area contributed by atoms with Crippen LogP contribution >= 0.6 is 0 Å². The number of fused-ring (bicyclic) bond motifs is 3. The molecule has 1 aliphatic heterocycles. The van der Waals surface area contributed by atoms with Gasteiger partial charge in [0.2, 0.25) is 5.67 Å². The summed E-state index contributed by atoms with van der Waals surface area (Å²) < 4.78 is 102. The molecule has 6 nitrogen and oxygen atoms in total. The number of hydrogen-bond donors (Lipinski definition) is 2. The van der Waals surface area contributed by atoms with Gasteiger partial charge in [0.15, 0.2) is 15.6 Å². The molecule has 2 N–H and O–H groups in total. The number of aliphatic hydroxyl groups excluding tert-OH is 1. The second kappa shape index (κ2) is 10.6. The zero-order chi connectivity index (χ0) is 30.7. The quantitative estimate of drug-likeness (QED) is 0.333. The molecule has 0 aromatic heterocycles. The van der Waals surface area contributed by atoms with Crippen molar-refractivity contribution in [1.29, 1.82) is 0 Å². The summed E-state index contributed by atoms with van der Waals surface area (Å²) in [7, 11) is -4.31. The molecule has 0 bridgehead atoms. The fourth-order valence-corrected chi connectivity index (χ4v) is 9.66. The van der Waals surface area contributed by atoms with Crippen LogP contribution in [0, 0.1) is 17.7 Å². The van der Waals surface area contributed by atoms with Crippen LogP contribution in [0.4, 0.5) is 22.0 Å². The predicted molar refractivity (Wildman–Crippen MR) is 141 cm³/mol. The summed E-state index contributed by atoms with van der Waals surface area (Å²) >= 11 is 0. The number of rotatable bonds is 7. The van der Waals surface area contributed by atoms with Gasteiger partial charge in [-0.15, -0.1) is 0 Å². The lowest BCUT2D eigenvalue weighted by Gasteiger charge is -2.43. The summed E-state index contributed by atoms with van der Waals surface area (Å²) in [5, 5.41) is 21.6. The number of carbonyl (C=O) groups is 1. The first-order chi connectivity index (χ1) is 19.5. The molecule has 0 spiro atoms. The Morgan fingerprint density at radius 1 is 1.05 bits per heavy atom. The fourth-order valence-electron chi connectivity index (χ4n) is 7.17. The molecule has 12 heteroatoms. The summed E-state index contributed by atoms with van der Waals surface area (Å²) in [4.78, 5) is 13.1. The molecule has 0 radical (unpaired) electrons. The fraction of sp³-hybridized carbons (Fsp3) is 0.567. The van der Waals surface area contributed by atoms with Gasteiger partial charge in [0.05, 0.1) is 4.90 Å². The number of carbonyl (C=O) groups excluding carboxylic acids is 1. The van der Waals surface area contributed by atoms with Crippen molar-refractivity contribution in [3.05, 3.63) is 65.0 Å². The highest BCUT2D eigenvalue weighted by atomic mass is 32.2. The Morgan fingerprint density at radius 3 is 2.31 bits per heavy atom. The van der Waals surface area contributed by atoms with Gasteiger partial charge in [-0.1, -0.05) is 18.2 Å². The van der Waals surface area contributed by atoms with Gasteiger partial charge >= 0.3 is 6.18 Å². The molecule has 42 heavy (non-hydrogen) atoms. The van der Waals surface area contributed by atoms with Gasteiger partial charge in [0.1, 0.15) is 22.3 Å². The maximum Gasteiger partial charge on any atom is 0.426 e. The highest BCUT2D eigenvalue weighted by molar-refractivity contribution is 7.92. The molecule has 1 heterocycles. The minimum absolute atomic E-state index is 0.0159. The Morgan fingerprint density at radius 2 is 1.69 bits per heavy atom. The molecule has 2 aliphatic carbocycles. The minimum atomic E-state index is -5.19. The Labute approximate surface area is 240 Å². The van der Waals surface area contributed by atoms with E-state index in [-0.39, 0.29) is 74.2 Å². The number of benzene rings is 2. The summed E-state index contributed by atoms with van der Waals surface area (Å²) in [5.41, 5.74) is -5.45. The van der Waals surface area contributed by atoms with Gasteiger partial charge < -0.3 is 14.9 Å². The molecular weight excluding hydrogens is 583 g/mol. The van der Waals surface area contributed by atoms with E-state index in [1.807, 2.05) is 0 Å². The third-order valence-corrected chi connectivity index (χ3v) is 12.2. The Kier molecular flexibility index (Phi) is 7.86. The molecule has 5 atom stereocenters. The van der Waals surface area contributed by atoms with Crippen LogP contribution in [-0.2, 0) is 36.2 Å². The molecule has 5 rings (SSSR count). The van der Waals surface area contributed by atoms with E-state index >= 15 is 0 Å². The van der Waals surface area contributed by atoms with Crippen molar-refractivity contribution in [3.63, 3.8) is 0 Å². The molecule has 2 aromatic carbocycles. The second-order valence-corrected chi connectivity index (χ2v) is 14.2. The summed E-state index contributed by atoms with van der Waals surface area (Å²) in [5.74, 6) is -2.48. The lowest BCUT2D eigenvalue weighted by molar-refractivity contribution is -0.228. The van der Waals surface area contributed by atoms with E-state index in [1.165, 1.54) is 6.07 Å². The molecular formula is C30H33F5O6S. The van der Waals surface area contributed by atoms with Crippen LogP contribution in [0.2, 0.25) is 0 Å². The number of halogens is 5. The maximum absolute atomic E-state index is 14.9. The Balaban J connectivity index is 1.56. The average molecular weight is 617 g/mol. The smallest absolute Gasteiger partial charge is 0.387 e. The molecule has 1 saturated carbocycles. The maximum atomic E-state index is 14.9. The van der Waals surface area contributed by atoms with Crippen LogP contribution in [-0.4, -0.2) is 55.5 Å². The first-order valence-electron chi connectivity index (χ1n) is 14.0. The number of ether oxygens (including phenoxy) is 1. The summed E-state index contributed by atoms with van der Waals surface area (Å²) in [6.07, 6.45) is -6.36. The van der Waals surface area contributed by atoms with Gasteiger partial charge in [0.25, 0.3) is 0 Å². The van der Waals surface area contributed by atoms with Crippen molar-refractivity contribution in [1.82, 2.24) is 0 Å². The monoisotopic (exact) mass is 616 g/mol. The average Bonchev–Trinajstić information content (AvgIpc) is 3.32. The van der Waals surface area contributed by atoms with E-state index in [0.717, 1.165) is 36.4 Å². The first-order valence-corrected chi connectivity index (χ1v) is 15.4. The third-order valence-electron chi connectivity index (χ3n) is 9.65. The van der Waals surface area contributed by atoms with E-state index in [9.17, 15) is 45.4 Å². The van der Waals surface area contributed by atoms with E-state index < -0.39 is 67.1 Å². The Hall–Kier alpha value is -2.41. The van der Waals surface area contributed by atoms with Crippen LogP contribution in [0.5, 0.6) is 0 Å². The lowest BCUT2D eigenvalue weighted by Crippen LogP contribution is -2.51. The van der Waals surface area contributed by atoms with Crippen molar-refractivity contribution in [2.45, 2.75) is 85.1 Å². The minimum Gasteiger partial charge on any atom is -0.387 e. The summed E-state index contributed by atoms with van der Waals surface area (Å²) in [6.45, 7) is 0.772. The highest BCUT2D eigenvalue weighted by Gasteiger charge is 2.61. The number of hydrogen-bond acceptors (Lipinski definition) is 6. The third kappa shape index (κ3) is 4.88. The van der Waals surface area contributed by atoms with Crippen LogP contribution in [0.25, 0.3) is 0 Å². The van der Waals surface area contributed by atoms with Crippen LogP contribution < -0.4 is 0 Å². The number of ketones is 1. The zero-order valence-electron chi connectivity index (χ0n) is 23.0. The first kappa shape index (κ1) is 31.0. The van der Waals surface area contributed by atoms with Gasteiger partial charge in [-0.05, 0) is 85.4 Å². The van der Waals surface area contributed by atoms with Gasteiger partial charge in [-0.25, -0.2) is 17.2 Å². The van der Waals surface area contributed by atoms with E-state index in [1.54, 1.807) is 0 Å². The topological polar surface area (TPSA) is 101 Å². The SMILES string of the molecule is CC(F)(c1ccc2c(c1)CC[C@H]1[C@H](CC(=O)C(O)C3(O)CCOCC3)CC[C@@]21S(=O)(=O)c1ccc(F)cc1)C(F)(F)F. The normalized spacial score (nSPS) is 27.9. The van der Waals surface area contributed by atoms with Crippen molar-refractivity contribution < 1.29 is 50.1 Å². The largest absolute Gasteiger partial charge is 0.426 e. The highest BCUT2D eigenvalue weighted by Crippen LogP contribution is 2.60. The molecule has 2 fully saturated rings. The van der Waals surface area contributed by atoms with Crippen molar-refractivity contribution in [2.75, 3.05) is 13.2 Å². The molecule has 230 valence electrons. The van der Waals surface area contributed by atoms with E-state index in [2.05, 4.69) is 0 Å². The zero-order valence-corrected chi connectivity index (χ0v) is 23.8. The number of sulfone groups is 1. The lowest BCUT2D eigenvalue weighted by atomic mass is 9.71. The predicted octanol–water partition coefficient (Wildman–Crippen LogP) is 5.08. The number of aryl methyl sites for hydroxylation is 1. The molecule has 0 amide bonds. The van der Waals surface area contributed by atoms with E-state index in [4.69, 9.17) is 4.74 Å². The summed E-state index contributed by atoms with van der Waals surface area (Å²) in [6, 6.07) is 7.54. The van der Waals surface area contributed by atoms with Gasteiger partial charge in [-0.2, -0.15) is 13.2 Å². The molecule has 2 unspecified atom stereocenters. The number of Topliss-reactive ketones (excluding diaryl/α,β-unsaturated/α-hetero) is 1. The van der Waals surface area contributed by atoms with Crippen LogP contribution in [0.1, 0.15) is 62.1 Å². The number of alkyl halides is 4. The van der Waals surface area contributed by atoms with Crippen LogP contribution in [0.15, 0.2) is 47.4 Å². The number of aliphatic hydroxyl groups is 2. The van der Waals surface area contributed by atoms with Crippen molar-refractivity contribution in [2.24, 2.45) is 11.8 Å². The molecule has 3 aliphatic rings. The standard InChI is InChI=1S/C30H33F5O6S/c1-27(32,30(33,34)35)20-3-9-24-18(16-20)2-8-23-19(17-25(36)26(37)28(38)12-14-41-15-13-28)10-11-29(23,24)42(39,40)22-6-4-21(31)5-7-22/h3-7,9,16,19,23,26,37-38H,2,8,10-15,17H2,1H3/t19-,23-,26?,27?,29-/m0/s1. The Bertz CT molecular complexity index is 1450. The molecule has 1 saturated heterocycles. The van der Waals surface area contributed by atoms with Crippen molar-refractivity contribution >= 4 is 15.6 Å².